The molecule has 2 aromatic rings. The van der Waals surface area contributed by atoms with Crippen LogP contribution in [0.5, 0.6) is 0 Å². The van der Waals surface area contributed by atoms with Gasteiger partial charge in [0, 0.05) is 17.6 Å². The zero-order valence-electron chi connectivity index (χ0n) is 15.2. The Morgan fingerprint density at radius 3 is 2.61 bits per heavy atom. The molecule has 28 heavy (non-hydrogen) atoms. The third-order valence-corrected chi connectivity index (χ3v) is 5.24. The Kier molecular flexibility index (Phi) is 6.78. The number of alkyl halides is 3. The number of nitrogens with zero attached hydrogens (tertiary/aromatic N) is 1. The van der Waals surface area contributed by atoms with E-state index in [1.807, 2.05) is 36.4 Å². The summed E-state index contributed by atoms with van der Waals surface area (Å²) >= 11 is 3.38. The third kappa shape index (κ3) is 5.82. The van der Waals surface area contributed by atoms with Crippen LogP contribution in [-0.4, -0.2) is 30.1 Å². The van der Waals surface area contributed by atoms with Crippen LogP contribution in [0.4, 0.5) is 13.2 Å². The van der Waals surface area contributed by atoms with Crippen molar-refractivity contribution < 1.29 is 22.7 Å². The van der Waals surface area contributed by atoms with Crippen molar-refractivity contribution in [3.63, 3.8) is 0 Å². The second-order valence-corrected chi connectivity index (χ2v) is 7.94. The van der Waals surface area contributed by atoms with E-state index in [1.54, 1.807) is 17.0 Å². The van der Waals surface area contributed by atoms with E-state index in [-0.39, 0.29) is 19.6 Å². The standard InChI is InChI=1S/C21H21BrF3NO2/c22-19-10-16(12-26-8-4-7-18(13-26)21(23,24)25)9-17(11-19)20(27)28-14-15-5-2-1-3-6-15/h1-3,5-6,9-11,18H,4,7-8,12-14H2. The summed E-state index contributed by atoms with van der Waals surface area (Å²) in [4.78, 5) is 14.2. The van der Waals surface area contributed by atoms with Gasteiger partial charge in [-0.1, -0.05) is 46.3 Å². The number of rotatable bonds is 5. The maximum absolute atomic E-state index is 13.0. The molecular weight excluding hydrogens is 435 g/mol. The second kappa shape index (κ2) is 9.09. The summed E-state index contributed by atoms with van der Waals surface area (Å²) < 4.78 is 45.1. The molecule has 7 heteroatoms. The van der Waals surface area contributed by atoms with Gasteiger partial charge in [-0.25, -0.2) is 4.79 Å². The molecule has 0 aliphatic carbocycles. The molecular formula is C21H21BrF3NO2. The largest absolute Gasteiger partial charge is 0.457 e. The quantitative estimate of drug-likeness (QED) is 0.551. The molecule has 0 amide bonds. The maximum Gasteiger partial charge on any atom is 0.393 e. The van der Waals surface area contributed by atoms with E-state index in [9.17, 15) is 18.0 Å². The van der Waals surface area contributed by atoms with Gasteiger partial charge in [0.05, 0.1) is 11.5 Å². The summed E-state index contributed by atoms with van der Waals surface area (Å²) in [5, 5.41) is 0. The number of esters is 1. The summed E-state index contributed by atoms with van der Waals surface area (Å²) in [6.45, 7) is 1.14. The van der Waals surface area contributed by atoms with E-state index >= 15 is 0 Å². The first-order chi connectivity index (χ1) is 13.3. The normalized spacial score (nSPS) is 18.1. The van der Waals surface area contributed by atoms with Gasteiger partial charge in [0.15, 0.2) is 0 Å². The molecule has 1 fully saturated rings. The van der Waals surface area contributed by atoms with E-state index < -0.39 is 18.1 Å². The average molecular weight is 456 g/mol. The van der Waals surface area contributed by atoms with Gasteiger partial charge in [-0.3, -0.25) is 4.90 Å². The van der Waals surface area contributed by atoms with Crippen molar-refractivity contribution in [2.24, 2.45) is 5.92 Å². The molecule has 1 heterocycles. The van der Waals surface area contributed by atoms with E-state index in [0.29, 0.717) is 29.5 Å². The van der Waals surface area contributed by atoms with Crippen LogP contribution in [-0.2, 0) is 17.9 Å². The van der Waals surface area contributed by atoms with Gasteiger partial charge in [-0.15, -0.1) is 0 Å². The van der Waals surface area contributed by atoms with E-state index in [1.165, 1.54) is 0 Å². The van der Waals surface area contributed by atoms with E-state index in [2.05, 4.69) is 15.9 Å². The minimum Gasteiger partial charge on any atom is -0.457 e. The first-order valence-corrected chi connectivity index (χ1v) is 9.90. The number of halogens is 4. The molecule has 2 aromatic carbocycles. The van der Waals surface area contributed by atoms with Crippen molar-refractivity contribution in [1.82, 2.24) is 4.90 Å². The van der Waals surface area contributed by atoms with Crippen LogP contribution in [0, 0.1) is 5.92 Å². The highest BCUT2D eigenvalue weighted by atomic mass is 79.9. The summed E-state index contributed by atoms with van der Waals surface area (Å²) in [6, 6.07) is 14.5. The Labute approximate surface area is 170 Å². The smallest absolute Gasteiger partial charge is 0.393 e. The number of carbonyl (C=O) groups excluding carboxylic acids is 1. The van der Waals surface area contributed by atoms with Crippen molar-refractivity contribution in [3.05, 3.63) is 69.7 Å². The SMILES string of the molecule is O=C(OCc1ccccc1)c1cc(Br)cc(CN2CCCC(C(F)(F)F)C2)c1. The molecule has 1 unspecified atom stereocenters. The monoisotopic (exact) mass is 455 g/mol. The van der Waals surface area contributed by atoms with Crippen LogP contribution >= 0.6 is 15.9 Å². The zero-order chi connectivity index (χ0) is 20.1. The Morgan fingerprint density at radius 2 is 1.89 bits per heavy atom. The molecule has 1 aliphatic rings. The molecule has 0 aromatic heterocycles. The predicted octanol–water partition coefficient (Wildman–Crippen LogP) is 5.58. The second-order valence-electron chi connectivity index (χ2n) is 7.03. The lowest BCUT2D eigenvalue weighted by Crippen LogP contribution is -2.41. The van der Waals surface area contributed by atoms with Crippen LogP contribution in [0.15, 0.2) is 53.0 Å². The summed E-state index contributed by atoms with van der Waals surface area (Å²) in [7, 11) is 0. The highest BCUT2D eigenvalue weighted by Crippen LogP contribution is 2.33. The molecule has 0 radical (unpaired) electrons. The Balaban J connectivity index is 1.65. The molecule has 0 bridgehead atoms. The molecule has 0 spiro atoms. The Hall–Kier alpha value is -1.86. The lowest BCUT2D eigenvalue weighted by Gasteiger charge is -2.33. The van der Waals surface area contributed by atoms with Crippen molar-refractivity contribution in [1.29, 1.82) is 0 Å². The molecule has 1 atom stereocenters. The van der Waals surface area contributed by atoms with Crippen LogP contribution in [0.2, 0.25) is 0 Å². The van der Waals surface area contributed by atoms with Crippen molar-refractivity contribution >= 4 is 21.9 Å². The maximum atomic E-state index is 13.0. The number of benzene rings is 2. The van der Waals surface area contributed by atoms with Gasteiger partial charge in [-0.2, -0.15) is 13.2 Å². The number of piperidine rings is 1. The highest BCUT2D eigenvalue weighted by molar-refractivity contribution is 9.10. The minimum atomic E-state index is -4.16. The van der Waals surface area contributed by atoms with Crippen LogP contribution in [0.3, 0.4) is 0 Å². The Bertz CT molecular complexity index is 811. The molecule has 1 saturated heterocycles. The van der Waals surface area contributed by atoms with Gasteiger partial charge in [0.1, 0.15) is 6.61 Å². The highest BCUT2D eigenvalue weighted by Gasteiger charge is 2.41. The summed E-state index contributed by atoms with van der Waals surface area (Å²) in [5.41, 5.74) is 2.05. The number of hydrogen-bond donors (Lipinski definition) is 0. The van der Waals surface area contributed by atoms with Gasteiger partial charge in [0.2, 0.25) is 0 Å². The number of likely N-dealkylation sites (tertiary alicyclic amines) is 1. The Morgan fingerprint density at radius 1 is 1.14 bits per heavy atom. The zero-order valence-corrected chi connectivity index (χ0v) is 16.8. The fourth-order valence-electron chi connectivity index (χ4n) is 3.39. The molecule has 3 rings (SSSR count). The van der Waals surface area contributed by atoms with Gasteiger partial charge in [0.25, 0.3) is 0 Å². The lowest BCUT2D eigenvalue weighted by molar-refractivity contribution is -0.187. The number of ether oxygens (including phenoxy) is 1. The number of hydrogen-bond acceptors (Lipinski definition) is 3. The minimum absolute atomic E-state index is 0.0101. The lowest BCUT2D eigenvalue weighted by atomic mass is 9.97. The fourth-order valence-corrected chi connectivity index (χ4v) is 3.93. The first-order valence-electron chi connectivity index (χ1n) is 9.11. The molecule has 1 aliphatic heterocycles. The van der Waals surface area contributed by atoms with Crippen molar-refractivity contribution in [3.8, 4) is 0 Å². The van der Waals surface area contributed by atoms with Gasteiger partial charge < -0.3 is 4.74 Å². The third-order valence-electron chi connectivity index (χ3n) is 4.78. The summed E-state index contributed by atoms with van der Waals surface area (Å²) in [5.74, 6) is -1.75. The molecule has 0 N–H and O–H groups in total. The summed E-state index contributed by atoms with van der Waals surface area (Å²) in [6.07, 6.45) is -3.47. The molecule has 3 nitrogen and oxygen atoms in total. The van der Waals surface area contributed by atoms with Crippen molar-refractivity contribution in [2.75, 3.05) is 13.1 Å². The van der Waals surface area contributed by atoms with E-state index in [4.69, 9.17) is 4.74 Å². The van der Waals surface area contributed by atoms with E-state index in [0.717, 1.165) is 11.1 Å². The van der Waals surface area contributed by atoms with Crippen molar-refractivity contribution in [2.45, 2.75) is 32.2 Å². The van der Waals surface area contributed by atoms with Crippen LogP contribution in [0.1, 0.15) is 34.3 Å². The number of carbonyl (C=O) groups is 1. The first kappa shape index (κ1) is 20.9. The predicted molar refractivity (Wildman–Crippen MR) is 104 cm³/mol. The molecule has 150 valence electrons. The average Bonchev–Trinajstić information content (AvgIpc) is 2.66. The fraction of sp³-hybridized carbons (Fsp3) is 0.381. The topological polar surface area (TPSA) is 29.5 Å². The van der Waals surface area contributed by atoms with Crippen LogP contribution < -0.4 is 0 Å². The van der Waals surface area contributed by atoms with Gasteiger partial charge in [-0.05, 0) is 48.7 Å². The van der Waals surface area contributed by atoms with Gasteiger partial charge >= 0.3 is 12.1 Å². The molecule has 0 saturated carbocycles. The van der Waals surface area contributed by atoms with Crippen LogP contribution in [0.25, 0.3) is 0 Å².